The summed E-state index contributed by atoms with van der Waals surface area (Å²) < 4.78 is 3.05. The molecule has 3 amide bonds. The van der Waals surface area contributed by atoms with Crippen molar-refractivity contribution >= 4 is 55.7 Å². The minimum absolute atomic E-state index is 0.221. The van der Waals surface area contributed by atoms with Crippen molar-refractivity contribution in [3.05, 3.63) is 83.7 Å². The summed E-state index contributed by atoms with van der Waals surface area (Å²) in [6.07, 6.45) is 2.22. The molecule has 1 aliphatic heterocycles. The van der Waals surface area contributed by atoms with Gasteiger partial charge in [-0.3, -0.25) is 19.3 Å². The number of amides is 3. The molecule has 4 aromatic rings. The van der Waals surface area contributed by atoms with E-state index in [1.165, 1.54) is 16.2 Å². The van der Waals surface area contributed by atoms with E-state index < -0.39 is 0 Å². The highest BCUT2D eigenvalue weighted by Crippen LogP contribution is 2.28. The van der Waals surface area contributed by atoms with Gasteiger partial charge in [0.15, 0.2) is 4.80 Å². The van der Waals surface area contributed by atoms with Gasteiger partial charge in [0, 0.05) is 30.3 Å². The molecule has 6 nitrogen and oxygen atoms in total. The van der Waals surface area contributed by atoms with E-state index in [2.05, 4.69) is 29.8 Å². The number of hydrogen-bond acceptors (Lipinski definition) is 4. The van der Waals surface area contributed by atoms with Crippen molar-refractivity contribution in [2.75, 3.05) is 4.90 Å². The highest BCUT2D eigenvalue weighted by molar-refractivity contribution is 7.17. The third kappa shape index (κ3) is 3.36. The summed E-state index contributed by atoms with van der Waals surface area (Å²) in [5, 5.41) is 2.25. The van der Waals surface area contributed by atoms with Crippen molar-refractivity contribution in [1.29, 1.82) is 0 Å². The molecule has 0 aliphatic carbocycles. The normalized spacial score (nSPS) is 14.6. The Kier molecular flexibility index (Phi) is 5.03. The summed E-state index contributed by atoms with van der Waals surface area (Å²) in [5.41, 5.74) is 1.87. The van der Waals surface area contributed by atoms with Crippen molar-refractivity contribution in [3.63, 3.8) is 0 Å². The molecule has 0 saturated carbocycles. The molecule has 1 aromatic heterocycles. The highest BCUT2D eigenvalue weighted by Gasteiger charge is 2.30. The molecule has 0 bridgehead atoms. The number of carbonyl (C=O) groups is 3. The van der Waals surface area contributed by atoms with Gasteiger partial charge in [-0.15, -0.1) is 6.58 Å². The van der Waals surface area contributed by atoms with Gasteiger partial charge in [0.2, 0.25) is 11.8 Å². The van der Waals surface area contributed by atoms with E-state index in [-0.39, 0.29) is 30.6 Å². The summed E-state index contributed by atoms with van der Waals surface area (Å²) in [4.78, 5) is 42.9. The fourth-order valence-electron chi connectivity index (χ4n) is 3.96. The van der Waals surface area contributed by atoms with Crippen molar-refractivity contribution in [1.82, 2.24) is 4.57 Å². The minimum atomic E-state index is -0.385. The second-order valence-corrected chi connectivity index (χ2v) is 8.48. The predicted molar refractivity (Wildman–Crippen MR) is 126 cm³/mol. The molecular weight excluding hydrogens is 422 g/mol. The number of thiazole rings is 1. The Morgan fingerprint density at radius 1 is 1.00 bits per heavy atom. The van der Waals surface area contributed by atoms with Crippen LogP contribution < -0.4 is 9.70 Å². The first kappa shape index (κ1) is 20.1. The summed E-state index contributed by atoms with van der Waals surface area (Å²) in [7, 11) is 0. The van der Waals surface area contributed by atoms with Crippen molar-refractivity contribution in [2.24, 2.45) is 4.99 Å². The van der Waals surface area contributed by atoms with Gasteiger partial charge in [0.25, 0.3) is 5.91 Å². The van der Waals surface area contributed by atoms with E-state index in [9.17, 15) is 14.4 Å². The number of rotatable bonds is 4. The van der Waals surface area contributed by atoms with E-state index in [1.807, 2.05) is 22.8 Å². The fourth-order valence-corrected chi connectivity index (χ4v) is 5.13. The lowest BCUT2D eigenvalue weighted by molar-refractivity contribution is -0.121. The SMILES string of the molecule is C=CCn1c(=NC(=O)c2ccc(N3C(=O)CCC3=O)cc2)sc2c3ccccc3ccc21. The van der Waals surface area contributed by atoms with Crippen LogP contribution in [0.2, 0.25) is 0 Å². The molecule has 2 heterocycles. The van der Waals surface area contributed by atoms with Gasteiger partial charge < -0.3 is 4.57 Å². The van der Waals surface area contributed by atoms with E-state index in [1.54, 1.807) is 30.3 Å². The first-order valence-electron chi connectivity index (χ1n) is 10.2. The van der Waals surface area contributed by atoms with Gasteiger partial charge in [-0.2, -0.15) is 4.99 Å². The van der Waals surface area contributed by atoms with Crippen LogP contribution in [0.15, 0.2) is 78.3 Å². The van der Waals surface area contributed by atoms with Gasteiger partial charge >= 0.3 is 0 Å². The van der Waals surface area contributed by atoms with Crippen molar-refractivity contribution < 1.29 is 14.4 Å². The monoisotopic (exact) mass is 441 g/mol. The molecule has 0 N–H and O–H groups in total. The Labute approximate surface area is 187 Å². The van der Waals surface area contributed by atoms with Gasteiger partial charge in [-0.1, -0.05) is 47.7 Å². The lowest BCUT2D eigenvalue weighted by Crippen LogP contribution is -2.28. The number of imide groups is 1. The summed E-state index contributed by atoms with van der Waals surface area (Å²) in [6, 6.07) is 18.7. The lowest BCUT2D eigenvalue weighted by Gasteiger charge is -2.13. The predicted octanol–water partition coefficient (Wildman–Crippen LogP) is 4.44. The number of fused-ring (bicyclic) bond motifs is 3. The zero-order valence-electron chi connectivity index (χ0n) is 17.2. The lowest BCUT2D eigenvalue weighted by atomic mass is 10.1. The first-order chi connectivity index (χ1) is 15.6. The second kappa shape index (κ2) is 8.01. The largest absolute Gasteiger partial charge is 0.312 e. The topological polar surface area (TPSA) is 71.7 Å². The Hall–Kier alpha value is -3.84. The average Bonchev–Trinajstić information content (AvgIpc) is 3.33. The Morgan fingerprint density at radius 2 is 1.72 bits per heavy atom. The van der Waals surface area contributed by atoms with Crippen LogP contribution in [0.3, 0.4) is 0 Å². The van der Waals surface area contributed by atoms with Crippen LogP contribution >= 0.6 is 11.3 Å². The average molecular weight is 442 g/mol. The molecule has 5 rings (SSSR count). The molecule has 0 radical (unpaired) electrons. The quantitative estimate of drug-likeness (QED) is 0.347. The number of benzene rings is 3. The number of nitrogens with zero attached hydrogens (tertiary/aromatic N) is 3. The second-order valence-electron chi connectivity index (χ2n) is 7.51. The molecule has 0 unspecified atom stereocenters. The maximum atomic E-state index is 12.9. The zero-order valence-corrected chi connectivity index (χ0v) is 18.0. The van der Waals surface area contributed by atoms with Gasteiger partial charge in [-0.25, -0.2) is 0 Å². The van der Waals surface area contributed by atoms with Crippen LogP contribution in [0.5, 0.6) is 0 Å². The van der Waals surface area contributed by atoms with E-state index in [0.717, 1.165) is 21.0 Å². The molecule has 32 heavy (non-hydrogen) atoms. The van der Waals surface area contributed by atoms with Crippen molar-refractivity contribution in [3.8, 4) is 0 Å². The Bertz CT molecular complexity index is 1460. The molecule has 1 saturated heterocycles. The van der Waals surface area contributed by atoms with Crippen molar-refractivity contribution in [2.45, 2.75) is 19.4 Å². The molecule has 7 heteroatoms. The van der Waals surface area contributed by atoms with Crippen LogP contribution in [0, 0.1) is 0 Å². The Morgan fingerprint density at radius 3 is 2.44 bits per heavy atom. The molecule has 1 aliphatic rings. The van der Waals surface area contributed by atoms with Crippen LogP contribution in [0.1, 0.15) is 23.2 Å². The number of aromatic nitrogens is 1. The third-order valence-electron chi connectivity index (χ3n) is 5.51. The summed E-state index contributed by atoms with van der Waals surface area (Å²) in [5.74, 6) is -0.826. The van der Waals surface area contributed by atoms with Gasteiger partial charge in [-0.05, 0) is 35.7 Å². The van der Waals surface area contributed by atoms with Gasteiger partial charge in [0.05, 0.1) is 15.9 Å². The summed E-state index contributed by atoms with van der Waals surface area (Å²) >= 11 is 1.47. The van der Waals surface area contributed by atoms with Crippen LogP contribution in [0.25, 0.3) is 21.0 Å². The van der Waals surface area contributed by atoms with E-state index in [4.69, 9.17) is 0 Å². The summed E-state index contributed by atoms with van der Waals surface area (Å²) in [6.45, 7) is 4.37. The maximum absolute atomic E-state index is 12.9. The molecule has 158 valence electrons. The zero-order chi connectivity index (χ0) is 22.2. The number of allylic oxidation sites excluding steroid dienone is 1. The molecule has 0 atom stereocenters. The number of hydrogen-bond donors (Lipinski definition) is 0. The fraction of sp³-hybridized carbons (Fsp3) is 0.120. The van der Waals surface area contributed by atoms with E-state index >= 15 is 0 Å². The number of anilines is 1. The third-order valence-corrected chi connectivity index (χ3v) is 6.63. The number of carbonyl (C=O) groups excluding carboxylic acids is 3. The Balaban J connectivity index is 1.56. The van der Waals surface area contributed by atoms with Crippen LogP contribution in [-0.2, 0) is 16.1 Å². The highest BCUT2D eigenvalue weighted by atomic mass is 32.1. The molecule has 1 fully saturated rings. The van der Waals surface area contributed by atoms with Gasteiger partial charge in [0.1, 0.15) is 0 Å². The molecule has 3 aromatic carbocycles. The van der Waals surface area contributed by atoms with E-state index in [0.29, 0.717) is 22.6 Å². The standard InChI is InChI=1S/C25H19N3O3S/c1-2-15-27-20-12-9-16-5-3-4-6-19(16)23(20)32-25(27)26-24(31)17-7-10-18(11-8-17)28-21(29)13-14-22(28)30/h2-12H,1,13-15H2. The van der Waals surface area contributed by atoms with Crippen LogP contribution in [0.4, 0.5) is 5.69 Å². The smallest absolute Gasteiger partial charge is 0.279 e. The maximum Gasteiger partial charge on any atom is 0.279 e. The van der Waals surface area contributed by atoms with Crippen LogP contribution in [-0.4, -0.2) is 22.3 Å². The molecular formula is C25H19N3O3S. The minimum Gasteiger partial charge on any atom is -0.312 e. The molecule has 0 spiro atoms. The first-order valence-corrected chi connectivity index (χ1v) is 11.1.